The summed E-state index contributed by atoms with van der Waals surface area (Å²) in [5, 5.41) is 65.2. The lowest BCUT2D eigenvalue weighted by Gasteiger charge is -2.29. The summed E-state index contributed by atoms with van der Waals surface area (Å²) in [7, 11) is 0. The Balaban J connectivity index is 1.61. The first kappa shape index (κ1) is 75.7. The van der Waals surface area contributed by atoms with Crippen molar-refractivity contribution in [3.8, 4) is 17.2 Å². The van der Waals surface area contributed by atoms with Gasteiger partial charge in [0.05, 0.1) is 24.9 Å². The van der Waals surface area contributed by atoms with E-state index in [2.05, 4.69) is 68.1 Å². The van der Waals surface area contributed by atoms with Crippen molar-refractivity contribution in [2.75, 3.05) is 18.1 Å². The fraction of sp³-hybridized carbons (Fsp3) is 0.426. The van der Waals surface area contributed by atoms with Gasteiger partial charge in [0.1, 0.15) is 77.7 Å². The van der Waals surface area contributed by atoms with Gasteiger partial charge < -0.3 is 102 Å². The highest BCUT2D eigenvalue weighted by molar-refractivity contribution is 8.00. The normalized spacial score (nSPS) is 23.2. The third-order valence-corrected chi connectivity index (χ3v) is 16.0. The highest BCUT2D eigenvalue weighted by atomic mass is 32.2. The average Bonchev–Trinajstić information content (AvgIpc) is 1.03. The topological polar surface area (TPSA) is 568 Å². The lowest BCUT2D eigenvalue weighted by Crippen LogP contribution is -2.61. The van der Waals surface area contributed by atoms with Gasteiger partial charge in [0, 0.05) is 49.9 Å². The smallest absolute Gasteiger partial charge is 0.305 e. The molecule has 1 aromatic heterocycles. The second kappa shape index (κ2) is 37.0. The Morgan fingerprint density at radius 2 is 0.979 bits per heavy atom. The third kappa shape index (κ3) is 25.1. The lowest BCUT2D eigenvalue weighted by molar-refractivity contribution is -0.141. The monoisotopic (exact) mass is 1360 g/mol. The van der Waals surface area contributed by atoms with Gasteiger partial charge in [0.25, 0.3) is 0 Å². The predicted molar refractivity (Wildman–Crippen MR) is 345 cm³/mol. The molecule has 12 amide bonds. The highest BCUT2D eigenvalue weighted by Gasteiger charge is 2.38. The summed E-state index contributed by atoms with van der Waals surface area (Å²) < 4.78 is 0. The van der Waals surface area contributed by atoms with Crippen LogP contribution in [0.1, 0.15) is 75.3 Å². The maximum absolute atomic E-state index is 14.7. The van der Waals surface area contributed by atoms with Crippen molar-refractivity contribution in [1.82, 2.24) is 63.1 Å². The van der Waals surface area contributed by atoms with E-state index in [9.17, 15) is 82.8 Å². The van der Waals surface area contributed by atoms with Crippen molar-refractivity contribution in [3.05, 3.63) is 108 Å². The van der Waals surface area contributed by atoms with Gasteiger partial charge in [-0.2, -0.15) is 0 Å². The van der Waals surface area contributed by atoms with Gasteiger partial charge in [-0.05, 0) is 78.8 Å². The zero-order valence-corrected chi connectivity index (χ0v) is 53.4. The summed E-state index contributed by atoms with van der Waals surface area (Å²) in [6.07, 6.45) is -0.870. The Kier molecular flexibility index (Phi) is 29.2. The number of primary amides is 2. The maximum atomic E-state index is 14.7. The quantitative estimate of drug-likeness (QED) is 0.0238. The Bertz CT molecular complexity index is 3430. The molecule has 4 aromatic rings. The minimum absolute atomic E-state index is 0.0391. The average molecular weight is 1360 g/mol. The van der Waals surface area contributed by atoms with E-state index in [1.54, 1.807) is 13.8 Å². The summed E-state index contributed by atoms with van der Waals surface area (Å²) in [6, 6.07) is -0.478. The van der Waals surface area contributed by atoms with E-state index in [1.165, 1.54) is 92.2 Å². The summed E-state index contributed by atoms with van der Waals surface area (Å²) in [5.74, 6) is -16.9. The van der Waals surface area contributed by atoms with E-state index in [4.69, 9.17) is 22.9 Å². The molecule has 0 spiro atoms. The molecule has 23 N–H and O–H groups in total. The molecule has 35 heteroatoms. The van der Waals surface area contributed by atoms with Crippen LogP contribution in [0.25, 0.3) is 0 Å². The van der Waals surface area contributed by atoms with Crippen molar-refractivity contribution < 1.29 is 82.8 Å². The Labute approximate surface area is 554 Å². The third-order valence-electron chi connectivity index (χ3n) is 15.0. The molecule has 0 radical (unpaired) electrons. The molecule has 518 valence electrons. The molecular formula is C61H81N17O17S. The first-order valence-corrected chi connectivity index (χ1v) is 31.4. The van der Waals surface area contributed by atoms with Gasteiger partial charge in [0.15, 0.2) is 5.96 Å². The predicted octanol–water partition coefficient (Wildman–Crippen LogP) is -4.65. The number of nitrogens with two attached hydrogens (primary N) is 4. The number of aliphatic imine (C=N–C) groups is 1. The molecule has 0 bridgehead atoms. The molecule has 1 aliphatic heterocycles. The van der Waals surface area contributed by atoms with Crippen LogP contribution < -0.4 is 76.1 Å². The summed E-state index contributed by atoms with van der Waals surface area (Å²) in [6.45, 7) is 4.53. The van der Waals surface area contributed by atoms with E-state index < -0.39 is 187 Å². The summed E-state index contributed by atoms with van der Waals surface area (Å²) in [5.41, 5.74) is 23.5. The minimum atomic E-state index is -2.05. The summed E-state index contributed by atoms with van der Waals surface area (Å²) in [4.78, 5) is 192. The number of benzene rings is 3. The van der Waals surface area contributed by atoms with E-state index >= 15 is 0 Å². The first-order chi connectivity index (χ1) is 45.5. The first-order valence-electron chi connectivity index (χ1n) is 30.2. The minimum Gasteiger partial charge on any atom is -0.508 e. The van der Waals surface area contributed by atoms with Crippen molar-refractivity contribution in [3.63, 3.8) is 0 Å². The Morgan fingerprint density at radius 3 is 1.44 bits per heavy atom. The number of aromatic amines is 1. The van der Waals surface area contributed by atoms with E-state index in [1.807, 2.05) is 0 Å². The van der Waals surface area contributed by atoms with Gasteiger partial charge in [0.2, 0.25) is 70.9 Å². The van der Waals surface area contributed by atoms with Crippen LogP contribution >= 0.6 is 11.8 Å². The van der Waals surface area contributed by atoms with E-state index in [0.717, 1.165) is 11.8 Å². The fourth-order valence-corrected chi connectivity index (χ4v) is 10.4. The number of phenols is 3. The van der Waals surface area contributed by atoms with Crippen LogP contribution in [0.3, 0.4) is 0 Å². The molecule has 5 rings (SSSR count). The number of nitrogens with one attached hydrogen (secondary N) is 11. The van der Waals surface area contributed by atoms with Crippen LogP contribution in [0, 0.1) is 5.92 Å². The van der Waals surface area contributed by atoms with Gasteiger partial charge in [-0.15, -0.1) is 11.8 Å². The standard InChI is InChI=1S/C61H81N17O17S/c1-4-30(2)50-60(95)71-39(6-5-19-67-61(64)65)53(88)69-31(3)52(87)72-41(21-33-9-15-37(80)16-10-33)54(89)76-45(25-49(84)85)58(93)73-42(22-34-11-17-38(81)18-12-34)55(90)74-43(23-35-26-66-29-68-35)56(91)75-44(24-47(62)82)57(92)77-46(51(63)86)27-96-28-48(83)70-40(59(94)78-50)20-32-7-13-36(79)14-8-32/h7-18,26,29-31,39-46,50,79-81H,4-6,19-25,27-28H2,1-3H3,(H2,62,82)(H2,63,86)(H,66,68)(H,69,88)(H,70,83)(H,71,95)(H,72,87)(H,73,93)(H,74,90)(H,75,91)(H,76,89)(H,77,92)(H,78,94)(H,84,85)(H4,64,65,67)/t30-,31-,39-,40-,41-,42-,43-,44-,45-,46-,50-/m0/s1. The number of amides is 12. The molecule has 1 saturated heterocycles. The number of guanidine groups is 1. The Morgan fingerprint density at radius 1 is 0.552 bits per heavy atom. The number of carboxylic acid groups (broad SMARTS) is 1. The molecule has 1 aliphatic rings. The van der Waals surface area contributed by atoms with Crippen LogP contribution in [0.2, 0.25) is 0 Å². The van der Waals surface area contributed by atoms with Crippen LogP contribution in [0.15, 0.2) is 90.3 Å². The molecule has 11 atom stereocenters. The van der Waals surface area contributed by atoms with Crippen molar-refractivity contribution >= 4 is 94.6 Å². The second-order valence-electron chi connectivity index (χ2n) is 22.7. The zero-order chi connectivity index (χ0) is 70.8. The number of hydrogen-bond acceptors (Lipinski definition) is 19. The number of carbonyl (C=O) groups is 13. The van der Waals surface area contributed by atoms with Gasteiger partial charge in [-0.3, -0.25) is 67.3 Å². The van der Waals surface area contributed by atoms with Crippen LogP contribution in [-0.2, 0) is 88.0 Å². The molecule has 96 heavy (non-hydrogen) atoms. The van der Waals surface area contributed by atoms with Gasteiger partial charge >= 0.3 is 5.97 Å². The number of hydrogen-bond donors (Lipinski definition) is 19. The molecule has 0 saturated carbocycles. The Hall–Kier alpha value is -11.0. The number of aliphatic carboxylic acids is 1. The SMILES string of the molecule is CC[C@H](C)[C@@H]1NC(=O)[C@H](Cc2ccc(O)cc2)NC(=O)CSC[C@@H](C(N)=O)NC(=O)[C@H](CC(N)=O)NC(=O)[C@H](Cc2cnc[nH]2)NC(=O)[C@H](Cc2ccc(O)cc2)NC(=O)[C@H](CC(=O)O)NC(=O)[C@H](Cc2ccc(O)cc2)NC(=O)[C@H](C)NC(=O)[C@H](CCCN=C(N)N)NC1=O. The molecule has 3 aromatic carbocycles. The number of H-pyrrole nitrogens is 1. The number of nitrogens with zero attached hydrogens (tertiary/aromatic N) is 2. The number of carbonyl (C=O) groups excluding carboxylic acids is 12. The van der Waals surface area contributed by atoms with E-state index in [-0.39, 0.29) is 66.7 Å². The molecule has 2 heterocycles. The number of aromatic nitrogens is 2. The van der Waals surface area contributed by atoms with Gasteiger partial charge in [-0.1, -0.05) is 56.7 Å². The van der Waals surface area contributed by atoms with Crippen LogP contribution in [0.5, 0.6) is 17.2 Å². The summed E-state index contributed by atoms with van der Waals surface area (Å²) >= 11 is 0.750. The van der Waals surface area contributed by atoms with Crippen molar-refractivity contribution in [2.24, 2.45) is 33.8 Å². The fourth-order valence-electron chi connectivity index (χ4n) is 9.58. The molecule has 34 nitrogen and oxygen atoms in total. The maximum Gasteiger partial charge on any atom is 0.305 e. The zero-order valence-electron chi connectivity index (χ0n) is 52.6. The number of carboxylic acids is 1. The van der Waals surface area contributed by atoms with Gasteiger partial charge in [-0.25, -0.2) is 4.98 Å². The molecule has 0 unspecified atom stereocenters. The molecule has 1 fully saturated rings. The van der Waals surface area contributed by atoms with Crippen molar-refractivity contribution in [1.29, 1.82) is 0 Å². The molecular weight excluding hydrogens is 1270 g/mol. The molecule has 0 aliphatic carbocycles. The largest absolute Gasteiger partial charge is 0.508 e. The number of phenolic OH excluding ortho intramolecular Hbond substituents is 3. The van der Waals surface area contributed by atoms with E-state index in [0.29, 0.717) is 11.1 Å². The number of aromatic hydroxyl groups is 3. The number of rotatable bonds is 19. The highest BCUT2D eigenvalue weighted by Crippen LogP contribution is 2.18. The second-order valence-corrected chi connectivity index (χ2v) is 23.7. The van der Waals surface area contributed by atoms with Crippen molar-refractivity contribution in [2.45, 2.75) is 139 Å². The number of thioether (sulfide) groups is 1. The number of imidazole rings is 1. The lowest BCUT2D eigenvalue weighted by atomic mass is 9.96. The van der Waals surface area contributed by atoms with Crippen LogP contribution in [-0.4, -0.2) is 192 Å². The van der Waals surface area contributed by atoms with Crippen LogP contribution in [0.4, 0.5) is 0 Å².